The Balaban J connectivity index is 3.24. The number of benzene rings is 1. The van der Waals surface area contributed by atoms with Crippen LogP contribution in [-0.4, -0.2) is 35.1 Å². The maximum absolute atomic E-state index is 11.6. The molecule has 0 unspecified atom stereocenters. The number of carbonyl (C=O) groups is 1. The van der Waals surface area contributed by atoms with Gasteiger partial charge in [-0.3, -0.25) is 14.9 Å². The Morgan fingerprint density at radius 1 is 1.38 bits per heavy atom. The summed E-state index contributed by atoms with van der Waals surface area (Å²) in [6.07, 6.45) is 1.24. The molecule has 3 N–H and O–H groups in total. The maximum atomic E-state index is 11.6. The van der Waals surface area contributed by atoms with Crippen molar-refractivity contribution in [3.63, 3.8) is 0 Å². The van der Waals surface area contributed by atoms with Gasteiger partial charge in [0.1, 0.15) is 5.69 Å². The smallest absolute Gasteiger partial charge is 0.293 e. The Morgan fingerprint density at radius 2 is 2.00 bits per heavy atom. The van der Waals surface area contributed by atoms with Gasteiger partial charge in [-0.1, -0.05) is 13.8 Å². The number of rotatable bonds is 7. The molecule has 0 saturated carbocycles. The lowest BCUT2D eigenvalue weighted by Crippen LogP contribution is -2.41. The van der Waals surface area contributed by atoms with E-state index < -0.39 is 10.5 Å². The lowest BCUT2D eigenvalue weighted by Gasteiger charge is -2.31. The molecule has 21 heavy (non-hydrogen) atoms. The number of aliphatic hydroxyl groups is 1. The molecule has 0 aliphatic heterocycles. The zero-order valence-electron chi connectivity index (χ0n) is 12.5. The van der Waals surface area contributed by atoms with E-state index in [0.717, 1.165) is 0 Å². The van der Waals surface area contributed by atoms with E-state index in [1.807, 2.05) is 13.8 Å². The summed E-state index contributed by atoms with van der Waals surface area (Å²) in [6.45, 7) is 3.67. The minimum Gasteiger partial charge on any atom is -0.394 e. The molecule has 0 bridgehead atoms. The largest absolute Gasteiger partial charge is 0.394 e. The van der Waals surface area contributed by atoms with E-state index in [0.29, 0.717) is 18.5 Å². The van der Waals surface area contributed by atoms with Gasteiger partial charge in [0.2, 0.25) is 0 Å². The minimum atomic E-state index is -0.612. The number of anilines is 1. The van der Waals surface area contributed by atoms with Crippen LogP contribution >= 0.6 is 0 Å². The normalized spacial score (nSPS) is 11.0. The number of aliphatic hydroxyl groups excluding tert-OH is 1. The highest BCUT2D eigenvalue weighted by Crippen LogP contribution is 2.30. The van der Waals surface area contributed by atoms with Crippen LogP contribution in [0.4, 0.5) is 11.4 Å². The third kappa shape index (κ3) is 3.69. The molecule has 116 valence electrons. The third-order valence-corrected chi connectivity index (χ3v) is 3.74. The van der Waals surface area contributed by atoms with Crippen molar-refractivity contribution in [1.29, 1.82) is 0 Å². The van der Waals surface area contributed by atoms with Gasteiger partial charge in [0.25, 0.3) is 11.6 Å². The van der Waals surface area contributed by atoms with Gasteiger partial charge in [0.05, 0.1) is 17.1 Å². The summed E-state index contributed by atoms with van der Waals surface area (Å²) >= 11 is 0. The first kappa shape index (κ1) is 16.9. The number of hydrogen-bond acceptors (Lipinski definition) is 5. The van der Waals surface area contributed by atoms with Gasteiger partial charge in [-0.15, -0.1) is 0 Å². The van der Waals surface area contributed by atoms with E-state index in [2.05, 4.69) is 10.6 Å². The second kappa shape index (κ2) is 7.03. The second-order valence-corrected chi connectivity index (χ2v) is 4.84. The highest BCUT2D eigenvalue weighted by atomic mass is 16.6. The molecule has 0 aromatic heterocycles. The average molecular weight is 295 g/mol. The first-order chi connectivity index (χ1) is 9.92. The van der Waals surface area contributed by atoms with E-state index in [-0.39, 0.29) is 23.8 Å². The standard InChI is InChI=1S/C14H21N3O4/c1-4-14(5-2,9-18)16-11-7-6-10(13(19)15-3)8-12(11)17(20)21/h6-8,16,18H,4-5,9H2,1-3H3,(H,15,19). The van der Waals surface area contributed by atoms with Crippen molar-refractivity contribution in [2.75, 3.05) is 19.0 Å². The van der Waals surface area contributed by atoms with Crippen molar-refractivity contribution >= 4 is 17.3 Å². The van der Waals surface area contributed by atoms with Crippen molar-refractivity contribution in [3.8, 4) is 0 Å². The van der Waals surface area contributed by atoms with Crippen LogP contribution in [0.15, 0.2) is 18.2 Å². The van der Waals surface area contributed by atoms with Crippen LogP contribution < -0.4 is 10.6 Å². The van der Waals surface area contributed by atoms with Crippen molar-refractivity contribution in [2.24, 2.45) is 0 Å². The Kier molecular flexibility index (Phi) is 5.66. The summed E-state index contributed by atoms with van der Waals surface area (Å²) in [7, 11) is 1.46. The molecule has 0 saturated heterocycles. The monoisotopic (exact) mass is 295 g/mol. The Bertz CT molecular complexity index is 519. The topological polar surface area (TPSA) is 104 Å². The Hall–Kier alpha value is -2.15. The molecule has 0 spiro atoms. The summed E-state index contributed by atoms with van der Waals surface area (Å²) in [5, 5.41) is 26.2. The zero-order chi connectivity index (χ0) is 16.0. The second-order valence-electron chi connectivity index (χ2n) is 4.84. The van der Waals surface area contributed by atoms with Gasteiger partial charge < -0.3 is 15.7 Å². The number of hydrogen-bond donors (Lipinski definition) is 3. The van der Waals surface area contributed by atoms with Crippen molar-refractivity contribution in [2.45, 2.75) is 32.2 Å². The first-order valence-electron chi connectivity index (χ1n) is 6.82. The van der Waals surface area contributed by atoms with E-state index in [1.54, 1.807) is 0 Å². The molecule has 0 fully saturated rings. The molecule has 1 aromatic rings. The van der Waals surface area contributed by atoms with Gasteiger partial charge in [0.15, 0.2) is 0 Å². The fraction of sp³-hybridized carbons (Fsp3) is 0.500. The highest BCUT2D eigenvalue weighted by Gasteiger charge is 2.28. The Morgan fingerprint density at radius 3 is 2.43 bits per heavy atom. The molecule has 0 aliphatic rings. The van der Waals surface area contributed by atoms with E-state index in [9.17, 15) is 20.0 Å². The predicted molar refractivity (Wildman–Crippen MR) is 80.5 cm³/mol. The lowest BCUT2D eigenvalue weighted by atomic mass is 9.93. The molecular weight excluding hydrogens is 274 g/mol. The van der Waals surface area contributed by atoms with E-state index >= 15 is 0 Å². The molecule has 7 heteroatoms. The lowest BCUT2D eigenvalue weighted by molar-refractivity contribution is -0.384. The summed E-state index contributed by atoms with van der Waals surface area (Å²) in [6, 6.07) is 4.24. The molecule has 0 heterocycles. The van der Waals surface area contributed by atoms with Crippen LogP contribution in [0.25, 0.3) is 0 Å². The van der Waals surface area contributed by atoms with Gasteiger partial charge in [-0.05, 0) is 25.0 Å². The summed E-state index contributed by atoms with van der Waals surface area (Å²) < 4.78 is 0. The number of nitro benzene ring substituents is 1. The van der Waals surface area contributed by atoms with Crippen LogP contribution in [0.1, 0.15) is 37.0 Å². The molecule has 0 atom stereocenters. The van der Waals surface area contributed by atoms with Crippen LogP contribution in [0.2, 0.25) is 0 Å². The number of nitrogens with zero attached hydrogens (tertiary/aromatic N) is 1. The number of nitro groups is 1. The van der Waals surface area contributed by atoms with Gasteiger partial charge >= 0.3 is 0 Å². The summed E-state index contributed by atoms with van der Waals surface area (Å²) in [5.74, 6) is -0.385. The molecule has 7 nitrogen and oxygen atoms in total. The SMILES string of the molecule is CCC(CC)(CO)Nc1ccc(C(=O)NC)cc1[N+](=O)[O-]. The van der Waals surface area contributed by atoms with Crippen molar-refractivity contribution in [3.05, 3.63) is 33.9 Å². The van der Waals surface area contributed by atoms with Crippen LogP contribution in [0, 0.1) is 10.1 Å². The molecule has 0 radical (unpaired) electrons. The van der Waals surface area contributed by atoms with Crippen LogP contribution in [-0.2, 0) is 0 Å². The van der Waals surface area contributed by atoms with Crippen molar-refractivity contribution in [1.82, 2.24) is 5.32 Å². The first-order valence-corrected chi connectivity index (χ1v) is 6.82. The fourth-order valence-electron chi connectivity index (χ4n) is 2.05. The Labute approximate surface area is 123 Å². The van der Waals surface area contributed by atoms with Gasteiger partial charge in [-0.2, -0.15) is 0 Å². The molecule has 1 aromatic carbocycles. The summed E-state index contributed by atoms with van der Waals surface area (Å²) in [4.78, 5) is 22.2. The number of amides is 1. The van der Waals surface area contributed by atoms with Crippen molar-refractivity contribution < 1.29 is 14.8 Å². The molecule has 1 amide bonds. The van der Waals surface area contributed by atoms with Crippen LogP contribution in [0.5, 0.6) is 0 Å². The van der Waals surface area contributed by atoms with Gasteiger partial charge in [-0.25, -0.2) is 0 Å². The van der Waals surface area contributed by atoms with Gasteiger partial charge in [0, 0.05) is 18.7 Å². The zero-order valence-corrected chi connectivity index (χ0v) is 12.5. The predicted octanol–water partition coefficient (Wildman–Crippen LogP) is 1.92. The molecule has 1 rings (SSSR count). The maximum Gasteiger partial charge on any atom is 0.293 e. The number of carbonyl (C=O) groups excluding carboxylic acids is 1. The fourth-order valence-corrected chi connectivity index (χ4v) is 2.05. The third-order valence-electron chi connectivity index (χ3n) is 3.74. The van der Waals surface area contributed by atoms with E-state index in [1.165, 1.54) is 25.2 Å². The quantitative estimate of drug-likeness (QED) is 0.526. The molecular formula is C14H21N3O4. The molecule has 0 aliphatic carbocycles. The highest BCUT2D eigenvalue weighted by molar-refractivity contribution is 5.95. The minimum absolute atomic E-state index is 0.131. The average Bonchev–Trinajstić information content (AvgIpc) is 2.52. The van der Waals surface area contributed by atoms with E-state index in [4.69, 9.17) is 0 Å². The summed E-state index contributed by atoms with van der Waals surface area (Å²) in [5.41, 5.74) is -0.280. The number of nitrogens with one attached hydrogen (secondary N) is 2. The van der Waals surface area contributed by atoms with Crippen LogP contribution in [0.3, 0.4) is 0 Å².